The van der Waals surface area contributed by atoms with E-state index in [0.717, 1.165) is 4.90 Å². The molecule has 32 heteroatoms. The van der Waals surface area contributed by atoms with Crippen LogP contribution in [0.15, 0.2) is 30.3 Å². The number of nitrogens with two attached hydrogens (primary N) is 2. The van der Waals surface area contributed by atoms with E-state index >= 15 is 0 Å². The van der Waals surface area contributed by atoms with Crippen LogP contribution in [0.25, 0.3) is 0 Å². The van der Waals surface area contributed by atoms with E-state index < -0.39 is 138 Å². The minimum Gasteiger partial charge on any atom is -0.480 e. The Morgan fingerprint density at radius 2 is 1.07 bits per heavy atom. The number of aliphatic carboxylic acids is 3. The predicted molar refractivity (Wildman–Crippen MR) is 330 cm³/mol. The molecule has 9 amide bonds. The number of nitrogens with zero attached hydrogens (tertiary/aromatic N) is 5. The van der Waals surface area contributed by atoms with Gasteiger partial charge in [0, 0.05) is 84.0 Å². The van der Waals surface area contributed by atoms with E-state index in [0.29, 0.717) is 24.8 Å². The number of carboxylic acid groups (broad SMARTS) is 3. The van der Waals surface area contributed by atoms with Crippen LogP contribution in [0.5, 0.6) is 0 Å². The third-order valence-electron chi connectivity index (χ3n) is 14.9. The topological polar surface area (TPSA) is 455 Å². The molecule has 2 aliphatic heterocycles. The number of rotatable bonds is 37. The molecule has 90 heavy (non-hydrogen) atoms. The zero-order valence-corrected chi connectivity index (χ0v) is 53.0. The lowest BCUT2D eigenvalue weighted by Crippen LogP contribution is -2.61. The monoisotopic (exact) mass is 1290 g/mol. The highest BCUT2D eigenvalue weighted by atomic mass is 32.1. The molecule has 15 N–H and O–H groups in total. The summed E-state index contributed by atoms with van der Waals surface area (Å²) in [7, 11) is 0. The normalized spacial score (nSPS) is 18.1. The maximum Gasteiger partial charge on any atom is 0.317 e. The zero-order chi connectivity index (χ0) is 67.2. The number of carboxylic acids is 3. The molecule has 1 aromatic carbocycles. The molecule has 3 rings (SSSR count). The number of unbranched alkanes of at least 4 members (excludes halogenated alkanes) is 1. The summed E-state index contributed by atoms with van der Waals surface area (Å²) in [5.41, 5.74) is 12.3. The number of hydrogen-bond acceptors (Lipinski definition) is 21. The SMILES string of the molecule is CC(C)C[C@H](NC(=O)[C@H](Cc1ccccc1)NC(=O)[C@@H](NC(=O)CNC(=O)[C@@H](N)CC(C)C)[C@@H](C)O)C(=O)N[C@@H](CCCCN)C(=O)N[C@@H](CS)C(=O)C1CC(=O)N(CCNC(=O)CN2CCN(CC(=O)O)CCN(CC(=O)O)CCN(CC(=O)O)CC2)C1=O. The van der Waals surface area contributed by atoms with Crippen molar-refractivity contribution in [1.29, 1.82) is 0 Å². The largest absolute Gasteiger partial charge is 0.480 e. The summed E-state index contributed by atoms with van der Waals surface area (Å²) < 4.78 is 0. The first-order valence-corrected chi connectivity index (χ1v) is 30.9. The smallest absolute Gasteiger partial charge is 0.317 e. The highest BCUT2D eigenvalue weighted by molar-refractivity contribution is 7.80. The molecule has 1 aromatic rings. The van der Waals surface area contributed by atoms with E-state index in [1.165, 1.54) is 6.92 Å². The molecule has 0 aliphatic carbocycles. The Bertz CT molecular complexity index is 2570. The van der Waals surface area contributed by atoms with Crippen molar-refractivity contribution in [3.8, 4) is 0 Å². The molecule has 2 fully saturated rings. The highest BCUT2D eigenvalue weighted by Crippen LogP contribution is 2.22. The average molecular weight is 1290 g/mol. The number of aliphatic hydroxyl groups is 1. The molecular formula is C58H94N14O17S. The third kappa shape index (κ3) is 28.3. The van der Waals surface area contributed by atoms with Crippen molar-refractivity contribution in [2.24, 2.45) is 29.2 Å². The number of aliphatic hydroxyl groups excluding tert-OH is 1. The van der Waals surface area contributed by atoms with Crippen molar-refractivity contribution in [1.82, 2.24) is 61.7 Å². The summed E-state index contributed by atoms with van der Waals surface area (Å²) >= 11 is 4.29. The van der Waals surface area contributed by atoms with Crippen LogP contribution < -0.4 is 48.7 Å². The van der Waals surface area contributed by atoms with Gasteiger partial charge in [0.15, 0.2) is 5.78 Å². The van der Waals surface area contributed by atoms with Crippen LogP contribution >= 0.6 is 12.6 Å². The van der Waals surface area contributed by atoms with E-state index in [1.54, 1.807) is 63.8 Å². The van der Waals surface area contributed by atoms with Gasteiger partial charge in [0.2, 0.25) is 53.2 Å². The van der Waals surface area contributed by atoms with Crippen LogP contribution in [0.4, 0.5) is 0 Å². The van der Waals surface area contributed by atoms with Crippen LogP contribution in [0.3, 0.4) is 0 Å². The highest BCUT2D eigenvalue weighted by Gasteiger charge is 2.45. The van der Waals surface area contributed by atoms with Gasteiger partial charge in [-0.2, -0.15) is 12.6 Å². The molecular weight excluding hydrogens is 1200 g/mol. The van der Waals surface area contributed by atoms with Crippen molar-refractivity contribution >= 4 is 89.5 Å². The van der Waals surface area contributed by atoms with Crippen molar-refractivity contribution < 1.29 is 82.8 Å². The molecule has 0 bridgehead atoms. The van der Waals surface area contributed by atoms with E-state index in [-0.39, 0.29) is 135 Å². The minimum absolute atomic E-state index is 0.00233. The fourth-order valence-electron chi connectivity index (χ4n) is 10.1. The number of amides is 9. The molecule has 0 radical (unpaired) electrons. The summed E-state index contributed by atoms with van der Waals surface area (Å²) in [4.78, 5) is 179. The zero-order valence-electron chi connectivity index (χ0n) is 52.1. The second-order valence-electron chi connectivity index (χ2n) is 23.4. The Kier molecular flexibility index (Phi) is 34.1. The third-order valence-corrected chi connectivity index (χ3v) is 15.2. The Balaban J connectivity index is 1.73. The summed E-state index contributed by atoms with van der Waals surface area (Å²) in [6, 6.07) is 0.496. The maximum atomic E-state index is 14.3. The van der Waals surface area contributed by atoms with Crippen molar-refractivity contribution in [2.45, 2.75) is 122 Å². The number of carbonyl (C=O) groups is 13. The molecule has 504 valence electrons. The number of ketones is 1. The molecule has 1 unspecified atom stereocenters. The number of imide groups is 1. The fourth-order valence-corrected chi connectivity index (χ4v) is 10.4. The Morgan fingerprint density at radius 1 is 0.589 bits per heavy atom. The summed E-state index contributed by atoms with van der Waals surface area (Å²) in [5.74, 6) is -13.3. The van der Waals surface area contributed by atoms with Crippen molar-refractivity contribution in [2.75, 3.05) is 110 Å². The van der Waals surface area contributed by atoms with E-state index in [4.69, 9.17) is 11.5 Å². The van der Waals surface area contributed by atoms with E-state index in [2.05, 4.69) is 49.8 Å². The van der Waals surface area contributed by atoms with Crippen LogP contribution in [0.2, 0.25) is 0 Å². The van der Waals surface area contributed by atoms with Crippen molar-refractivity contribution in [3.63, 3.8) is 0 Å². The van der Waals surface area contributed by atoms with E-state index in [1.807, 2.05) is 13.8 Å². The first-order valence-electron chi connectivity index (χ1n) is 30.3. The lowest BCUT2D eigenvalue weighted by atomic mass is 9.96. The summed E-state index contributed by atoms with van der Waals surface area (Å²) in [6.45, 7) is 7.64. The van der Waals surface area contributed by atoms with Gasteiger partial charge in [-0.15, -0.1) is 0 Å². The van der Waals surface area contributed by atoms with Crippen molar-refractivity contribution in [3.05, 3.63) is 35.9 Å². The van der Waals surface area contributed by atoms with Gasteiger partial charge in [-0.25, -0.2) is 0 Å². The predicted octanol–water partition coefficient (Wildman–Crippen LogP) is -4.84. The van der Waals surface area contributed by atoms with Gasteiger partial charge in [-0.3, -0.25) is 86.8 Å². The quantitative estimate of drug-likeness (QED) is 0.0129. The van der Waals surface area contributed by atoms with Gasteiger partial charge in [0.1, 0.15) is 30.1 Å². The van der Waals surface area contributed by atoms with Gasteiger partial charge in [0.25, 0.3) is 0 Å². The lowest BCUT2D eigenvalue weighted by Gasteiger charge is -2.32. The second kappa shape index (κ2) is 39.8. The average Bonchev–Trinajstić information content (AvgIpc) is 1.75. The number of thiol groups is 1. The number of nitrogens with one attached hydrogen (secondary N) is 7. The van der Waals surface area contributed by atoms with Gasteiger partial charge in [-0.05, 0) is 63.0 Å². The number of Topliss-reactive ketones (excluding diaryl/α,β-unsaturated/α-hetero) is 1. The Hall–Kier alpha value is -7.20. The number of hydrogen-bond donors (Lipinski definition) is 14. The molecule has 0 aromatic heterocycles. The standard InChI is InChI=1S/C58H94N14O17S/c1-35(2)25-40(60)53(84)62-29-45(74)67-51(37(5)73)57(88)65-43(27-38-11-7-6-8-12-38)56(87)64-42(26-36(3)4)55(86)63-41(13-9-10-14-59)54(85)66-44(34-90)52(83)39-28-47(76)72(58(39)89)16-15-61-46(75)30-68-17-19-69(31-48(77)78)21-23-71(33-50(81)82)24-22-70(20-18-68)32-49(79)80/h6-8,11-12,35-37,39-44,51,73,90H,9-10,13-34,59-60H2,1-5H3,(H,61,75)(H,62,84)(H,63,86)(H,64,87)(H,65,88)(H,66,85)(H,67,74)(H,77,78)(H,79,80)(H,81,82)/t37-,39?,40+,41+,42+,43+,44+,51+/m1/s1. The Morgan fingerprint density at radius 3 is 1.56 bits per heavy atom. The van der Waals surface area contributed by atoms with Gasteiger partial charge >= 0.3 is 17.9 Å². The van der Waals surface area contributed by atoms with Crippen LogP contribution in [-0.4, -0.2) is 275 Å². The number of benzene rings is 1. The van der Waals surface area contributed by atoms with Crippen LogP contribution in [0, 0.1) is 17.8 Å². The Labute approximate surface area is 529 Å². The van der Waals surface area contributed by atoms with Gasteiger partial charge in [-0.1, -0.05) is 58.0 Å². The molecule has 8 atom stereocenters. The number of carbonyl (C=O) groups excluding carboxylic acids is 10. The summed E-state index contributed by atoms with van der Waals surface area (Å²) in [5, 5.41) is 57.2. The van der Waals surface area contributed by atoms with Gasteiger partial charge in [0.05, 0.1) is 50.9 Å². The van der Waals surface area contributed by atoms with Gasteiger partial charge < -0.3 is 69.1 Å². The summed E-state index contributed by atoms with van der Waals surface area (Å²) in [6.07, 6.45) is -1.07. The first kappa shape index (κ1) is 77.0. The van der Waals surface area contributed by atoms with E-state index in [9.17, 15) is 82.8 Å². The molecule has 2 aliphatic rings. The molecule has 0 spiro atoms. The van der Waals surface area contributed by atoms with Crippen LogP contribution in [0.1, 0.15) is 78.7 Å². The molecule has 31 nitrogen and oxygen atoms in total. The lowest BCUT2D eigenvalue weighted by molar-refractivity contribution is -0.142. The second-order valence-corrected chi connectivity index (χ2v) is 23.8. The molecule has 2 heterocycles. The number of likely N-dealkylation sites (tertiary alicyclic amines) is 1. The minimum atomic E-state index is -1.61. The fraction of sp³-hybridized carbons (Fsp3) is 0.672. The first-order chi connectivity index (χ1) is 42.5. The molecule has 0 saturated carbocycles. The van der Waals surface area contributed by atoms with Crippen LogP contribution in [-0.2, 0) is 68.7 Å². The maximum absolute atomic E-state index is 14.3. The molecule has 2 saturated heterocycles.